The molecule has 1 aliphatic rings. The molecule has 3 N–H and O–H groups in total. The molecule has 126 valence electrons. The molecule has 0 radical (unpaired) electrons. The fraction of sp³-hybridized carbons (Fsp3) is 0.235. The van der Waals surface area contributed by atoms with Crippen LogP contribution in [-0.2, 0) is 17.8 Å². The number of nitrogens with two attached hydrogens (primary N) is 1. The van der Waals surface area contributed by atoms with Crippen LogP contribution >= 0.6 is 11.6 Å². The van der Waals surface area contributed by atoms with Crippen LogP contribution in [0.3, 0.4) is 0 Å². The first kappa shape index (κ1) is 16.7. The molecular formula is C17H17ClFN3O2. The lowest BCUT2D eigenvalue weighted by molar-refractivity contribution is -0.125. The average Bonchev–Trinajstić information content (AvgIpc) is 2.52. The molecule has 0 unspecified atom stereocenters. The molecule has 1 heterocycles. The minimum Gasteiger partial charge on any atom is -0.369 e. The fourth-order valence-corrected chi connectivity index (χ4v) is 3.17. The Morgan fingerprint density at radius 1 is 1.38 bits per heavy atom. The molecule has 2 aromatic rings. The van der Waals surface area contributed by atoms with Crippen molar-refractivity contribution in [2.75, 3.05) is 17.0 Å². The van der Waals surface area contributed by atoms with Crippen LogP contribution < -0.4 is 15.7 Å². The molecule has 1 atom stereocenters. The smallest absolute Gasteiger partial charge is 0.267 e. The van der Waals surface area contributed by atoms with Crippen LogP contribution in [0.4, 0.5) is 15.8 Å². The number of hydrogen-bond donors (Lipinski definition) is 2. The van der Waals surface area contributed by atoms with Gasteiger partial charge in [-0.3, -0.25) is 10.0 Å². The lowest BCUT2D eigenvalue weighted by Gasteiger charge is -2.28. The summed E-state index contributed by atoms with van der Waals surface area (Å²) in [4.78, 5) is 13.6. The number of hydroxylamine groups is 1. The number of rotatable bonds is 3. The summed E-state index contributed by atoms with van der Waals surface area (Å²) in [5.41, 5.74) is 8.68. The van der Waals surface area contributed by atoms with E-state index < -0.39 is 11.9 Å². The van der Waals surface area contributed by atoms with Gasteiger partial charge in [-0.2, -0.15) is 5.06 Å². The summed E-state index contributed by atoms with van der Waals surface area (Å²) in [6.45, 7) is 0.535. The van der Waals surface area contributed by atoms with Crippen molar-refractivity contribution in [3.63, 3.8) is 0 Å². The number of hydrogen-bond acceptors (Lipinski definition) is 4. The van der Waals surface area contributed by atoms with E-state index in [0.29, 0.717) is 34.4 Å². The van der Waals surface area contributed by atoms with Crippen molar-refractivity contribution >= 4 is 28.9 Å². The molecule has 0 saturated heterocycles. The zero-order chi connectivity index (χ0) is 17.4. The minimum absolute atomic E-state index is 0.338. The second-order valence-corrected chi connectivity index (χ2v) is 6.28. The van der Waals surface area contributed by atoms with E-state index in [1.165, 1.54) is 12.1 Å². The van der Waals surface area contributed by atoms with Gasteiger partial charge in [0, 0.05) is 13.6 Å². The summed E-state index contributed by atoms with van der Waals surface area (Å²) < 4.78 is 13.2. The van der Waals surface area contributed by atoms with Gasteiger partial charge in [-0.15, -0.1) is 0 Å². The fourth-order valence-electron chi connectivity index (χ4n) is 2.86. The van der Waals surface area contributed by atoms with Crippen LogP contribution in [0.25, 0.3) is 0 Å². The molecule has 24 heavy (non-hydrogen) atoms. The van der Waals surface area contributed by atoms with Gasteiger partial charge in [0.2, 0.25) is 0 Å². The van der Waals surface area contributed by atoms with E-state index in [1.54, 1.807) is 12.1 Å². The Labute approximate surface area is 144 Å². The van der Waals surface area contributed by atoms with Crippen LogP contribution in [0.1, 0.15) is 11.1 Å². The standard InChI is InChI=1S/C17H17ClFN3O2/c1-21(16-5-3-12(19)8-13(16)18)9-10-2-4-15-11(6-10)7-14(20)17(23)22(15)24/h2-6,8,14,24H,7,9,20H2,1H3/t14-/m0/s1. The van der Waals surface area contributed by atoms with E-state index in [0.717, 1.165) is 11.1 Å². The summed E-state index contributed by atoms with van der Waals surface area (Å²) in [7, 11) is 1.85. The maximum absolute atomic E-state index is 13.2. The van der Waals surface area contributed by atoms with Crippen LogP contribution in [0.2, 0.25) is 5.02 Å². The van der Waals surface area contributed by atoms with Gasteiger partial charge in [-0.25, -0.2) is 4.39 Å². The monoisotopic (exact) mass is 349 g/mol. The van der Waals surface area contributed by atoms with Crippen LogP contribution in [-0.4, -0.2) is 24.2 Å². The Morgan fingerprint density at radius 2 is 2.12 bits per heavy atom. The maximum atomic E-state index is 13.2. The quantitative estimate of drug-likeness (QED) is 0.836. The minimum atomic E-state index is -0.748. The van der Waals surface area contributed by atoms with E-state index >= 15 is 0 Å². The Morgan fingerprint density at radius 3 is 2.83 bits per heavy atom. The highest BCUT2D eigenvalue weighted by Gasteiger charge is 2.29. The molecule has 1 amide bonds. The molecular weight excluding hydrogens is 333 g/mol. The Balaban J connectivity index is 1.84. The van der Waals surface area contributed by atoms with E-state index in [2.05, 4.69) is 0 Å². The third kappa shape index (κ3) is 3.08. The number of carbonyl (C=O) groups excluding carboxylic acids is 1. The van der Waals surface area contributed by atoms with Gasteiger partial charge >= 0.3 is 0 Å². The number of fused-ring (bicyclic) bond motifs is 1. The highest BCUT2D eigenvalue weighted by atomic mass is 35.5. The predicted octanol–water partition coefficient (Wildman–Crippen LogP) is 2.72. The number of carbonyl (C=O) groups is 1. The number of nitrogens with zero attached hydrogens (tertiary/aromatic N) is 2. The van der Waals surface area contributed by atoms with Gasteiger partial charge in [0.15, 0.2) is 0 Å². The summed E-state index contributed by atoms with van der Waals surface area (Å²) in [5.74, 6) is -0.891. The molecule has 0 aromatic heterocycles. The van der Waals surface area contributed by atoms with Crippen molar-refractivity contribution in [1.82, 2.24) is 0 Å². The second-order valence-electron chi connectivity index (χ2n) is 5.88. The lowest BCUT2D eigenvalue weighted by Crippen LogP contribution is -2.47. The molecule has 0 saturated carbocycles. The van der Waals surface area contributed by atoms with Crippen molar-refractivity contribution in [3.8, 4) is 0 Å². The molecule has 7 heteroatoms. The molecule has 0 spiro atoms. The average molecular weight is 350 g/mol. The van der Waals surface area contributed by atoms with Gasteiger partial charge in [0.1, 0.15) is 5.82 Å². The third-order valence-corrected chi connectivity index (χ3v) is 4.38. The van der Waals surface area contributed by atoms with E-state index in [-0.39, 0.29) is 5.82 Å². The summed E-state index contributed by atoms with van der Waals surface area (Å²) >= 11 is 6.08. The Hall–Kier alpha value is -2.15. The largest absolute Gasteiger partial charge is 0.369 e. The molecule has 0 aliphatic carbocycles. The number of anilines is 2. The molecule has 1 aliphatic heterocycles. The van der Waals surface area contributed by atoms with Crippen molar-refractivity contribution in [1.29, 1.82) is 0 Å². The van der Waals surface area contributed by atoms with Gasteiger partial charge < -0.3 is 10.6 Å². The van der Waals surface area contributed by atoms with Crippen LogP contribution in [0.5, 0.6) is 0 Å². The van der Waals surface area contributed by atoms with E-state index in [4.69, 9.17) is 17.3 Å². The first-order valence-corrected chi connectivity index (χ1v) is 7.81. The van der Waals surface area contributed by atoms with Crippen molar-refractivity contribution < 1.29 is 14.4 Å². The number of halogens is 2. The molecule has 5 nitrogen and oxygen atoms in total. The first-order valence-electron chi connectivity index (χ1n) is 7.43. The zero-order valence-corrected chi connectivity index (χ0v) is 13.8. The summed E-state index contributed by atoms with van der Waals surface area (Å²) in [6.07, 6.45) is 0.375. The van der Waals surface area contributed by atoms with Gasteiger partial charge in [-0.05, 0) is 41.8 Å². The van der Waals surface area contributed by atoms with Crippen molar-refractivity contribution in [2.24, 2.45) is 5.73 Å². The highest BCUT2D eigenvalue weighted by Crippen LogP contribution is 2.30. The first-order chi connectivity index (χ1) is 11.4. The molecule has 2 aromatic carbocycles. The Kier molecular flexibility index (Phi) is 4.45. The number of amides is 1. The normalized spacial score (nSPS) is 17.0. The summed E-state index contributed by atoms with van der Waals surface area (Å²) in [6, 6.07) is 8.92. The van der Waals surface area contributed by atoms with E-state index in [9.17, 15) is 14.4 Å². The SMILES string of the molecule is CN(Cc1ccc2c(c1)C[C@H](N)C(=O)N2O)c1ccc(F)cc1Cl. The van der Waals surface area contributed by atoms with Crippen molar-refractivity contribution in [3.05, 3.63) is 58.4 Å². The molecule has 0 bridgehead atoms. The molecule has 0 fully saturated rings. The van der Waals surface area contributed by atoms with E-state index in [1.807, 2.05) is 24.1 Å². The molecule has 3 rings (SSSR count). The maximum Gasteiger partial charge on any atom is 0.267 e. The van der Waals surface area contributed by atoms with Crippen molar-refractivity contribution in [2.45, 2.75) is 19.0 Å². The Bertz CT molecular complexity index is 799. The third-order valence-electron chi connectivity index (χ3n) is 4.08. The van der Waals surface area contributed by atoms with Crippen LogP contribution in [0.15, 0.2) is 36.4 Å². The number of benzene rings is 2. The summed E-state index contributed by atoms with van der Waals surface area (Å²) in [5, 5.41) is 10.8. The topological polar surface area (TPSA) is 69.8 Å². The predicted molar refractivity (Wildman–Crippen MR) is 90.9 cm³/mol. The van der Waals surface area contributed by atoms with Gasteiger partial charge in [-0.1, -0.05) is 23.7 Å². The van der Waals surface area contributed by atoms with Gasteiger partial charge in [0.05, 0.1) is 22.4 Å². The zero-order valence-electron chi connectivity index (χ0n) is 13.0. The van der Waals surface area contributed by atoms with Crippen LogP contribution in [0, 0.1) is 5.82 Å². The lowest BCUT2D eigenvalue weighted by atomic mass is 9.97. The van der Waals surface area contributed by atoms with Gasteiger partial charge in [0.25, 0.3) is 5.91 Å². The highest BCUT2D eigenvalue weighted by molar-refractivity contribution is 6.33. The second kappa shape index (κ2) is 6.39.